The van der Waals surface area contributed by atoms with Crippen LogP contribution in [-0.4, -0.2) is 49.4 Å². The predicted octanol–water partition coefficient (Wildman–Crippen LogP) is 0.605. The number of likely N-dealkylation sites (N-methyl/N-ethyl adjacent to an activating group) is 1. The van der Waals surface area contributed by atoms with Crippen molar-refractivity contribution in [2.45, 2.75) is 40.2 Å². The van der Waals surface area contributed by atoms with Gasteiger partial charge in [0.2, 0.25) is 11.8 Å². The largest absolute Gasteiger partial charge is 0.355 e. The van der Waals surface area contributed by atoms with Crippen molar-refractivity contribution in [3.8, 4) is 0 Å². The molecule has 0 aromatic carbocycles. The number of amides is 2. The van der Waals surface area contributed by atoms with E-state index in [4.69, 9.17) is 0 Å². The summed E-state index contributed by atoms with van der Waals surface area (Å²) < 4.78 is 0. The van der Waals surface area contributed by atoms with Crippen LogP contribution in [0, 0.1) is 5.92 Å². The molecule has 2 amide bonds. The van der Waals surface area contributed by atoms with Crippen molar-refractivity contribution in [3.63, 3.8) is 0 Å². The molecule has 0 saturated carbocycles. The maximum Gasteiger partial charge on any atom is 0.236 e. The smallest absolute Gasteiger partial charge is 0.236 e. The molecule has 0 heterocycles. The maximum absolute atomic E-state index is 11.7. The Hall–Kier alpha value is -1.10. The van der Waals surface area contributed by atoms with Crippen molar-refractivity contribution in [1.29, 1.82) is 0 Å². The predicted molar refractivity (Wildman–Crippen MR) is 73.2 cm³/mol. The second kappa shape index (κ2) is 8.91. The fourth-order valence-electron chi connectivity index (χ4n) is 1.28. The minimum absolute atomic E-state index is 0.000620. The number of hydrogen-bond acceptors (Lipinski definition) is 3. The Morgan fingerprint density at radius 1 is 1.22 bits per heavy atom. The first-order valence-corrected chi connectivity index (χ1v) is 6.63. The summed E-state index contributed by atoms with van der Waals surface area (Å²) in [7, 11) is 1.75. The van der Waals surface area contributed by atoms with Gasteiger partial charge in [-0.25, -0.2) is 0 Å². The third-order valence-corrected chi connectivity index (χ3v) is 2.87. The molecule has 106 valence electrons. The van der Waals surface area contributed by atoms with E-state index in [0.29, 0.717) is 19.0 Å². The van der Waals surface area contributed by atoms with Crippen LogP contribution in [0.1, 0.15) is 34.1 Å². The summed E-state index contributed by atoms with van der Waals surface area (Å²) in [5.74, 6) is 0.523. The molecule has 1 atom stereocenters. The van der Waals surface area contributed by atoms with Crippen LogP contribution in [0.5, 0.6) is 0 Å². The Bertz CT molecular complexity index is 267. The zero-order chi connectivity index (χ0) is 14.1. The molecule has 0 aliphatic rings. The van der Waals surface area contributed by atoms with Crippen molar-refractivity contribution in [2.75, 3.05) is 26.7 Å². The van der Waals surface area contributed by atoms with E-state index < -0.39 is 0 Å². The van der Waals surface area contributed by atoms with Crippen LogP contribution in [0.4, 0.5) is 0 Å². The van der Waals surface area contributed by atoms with Gasteiger partial charge in [0.25, 0.3) is 0 Å². The third-order valence-electron chi connectivity index (χ3n) is 2.87. The molecule has 0 aliphatic carbocycles. The summed E-state index contributed by atoms with van der Waals surface area (Å²) in [4.78, 5) is 24.8. The first-order chi connectivity index (χ1) is 8.38. The maximum atomic E-state index is 11.7. The fourth-order valence-corrected chi connectivity index (χ4v) is 1.28. The molecule has 0 bridgehead atoms. The summed E-state index contributed by atoms with van der Waals surface area (Å²) in [5.41, 5.74) is 0. The van der Waals surface area contributed by atoms with Crippen LogP contribution < -0.4 is 10.6 Å². The Morgan fingerprint density at radius 3 is 2.33 bits per heavy atom. The first kappa shape index (κ1) is 16.9. The lowest BCUT2D eigenvalue weighted by molar-refractivity contribution is -0.129. The van der Waals surface area contributed by atoms with Gasteiger partial charge in [0, 0.05) is 20.1 Å². The zero-order valence-corrected chi connectivity index (χ0v) is 12.2. The zero-order valence-electron chi connectivity index (χ0n) is 12.2. The van der Waals surface area contributed by atoms with Gasteiger partial charge in [-0.1, -0.05) is 13.8 Å². The van der Waals surface area contributed by atoms with E-state index in [1.54, 1.807) is 18.9 Å². The molecule has 0 rings (SSSR count). The van der Waals surface area contributed by atoms with E-state index in [0.717, 1.165) is 6.42 Å². The molecule has 2 N–H and O–H groups in total. The lowest BCUT2D eigenvalue weighted by Crippen LogP contribution is -2.46. The van der Waals surface area contributed by atoms with Crippen molar-refractivity contribution in [1.82, 2.24) is 15.5 Å². The molecular weight excluding hydrogens is 230 g/mol. The molecule has 0 spiro atoms. The van der Waals surface area contributed by atoms with Gasteiger partial charge in [-0.05, 0) is 26.2 Å². The van der Waals surface area contributed by atoms with E-state index in [1.165, 1.54) is 0 Å². The standard InChI is InChI=1S/C13H27N3O2/c1-6-16(5)12(17)9-15-11(4)13(18)14-8-7-10(2)3/h10-11,15H,6-9H2,1-5H3,(H,14,18). The number of carbonyl (C=O) groups excluding carboxylic acids is 2. The SMILES string of the molecule is CCN(C)C(=O)CNC(C)C(=O)NCCC(C)C. The second-order valence-corrected chi connectivity index (χ2v) is 4.98. The minimum atomic E-state index is -0.341. The third kappa shape index (κ3) is 7.27. The highest BCUT2D eigenvalue weighted by atomic mass is 16.2. The van der Waals surface area contributed by atoms with Gasteiger partial charge in [-0.2, -0.15) is 0 Å². The molecule has 0 saturated heterocycles. The highest BCUT2D eigenvalue weighted by Crippen LogP contribution is 1.96. The van der Waals surface area contributed by atoms with E-state index in [1.807, 2.05) is 6.92 Å². The molecular formula is C13H27N3O2. The van der Waals surface area contributed by atoms with Crippen LogP contribution in [0.15, 0.2) is 0 Å². The summed E-state index contributed by atoms with van der Waals surface area (Å²) in [6.45, 7) is 9.48. The number of carbonyl (C=O) groups is 2. The average Bonchev–Trinajstić information content (AvgIpc) is 2.33. The fraction of sp³-hybridized carbons (Fsp3) is 0.846. The summed E-state index contributed by atoms with van der Waals surface area (Å²) >= 11 is 0. The monoisotopic (exact) mass is 257 g/mol. The quantitative estimate of drug-likeness (QED) is 0.669. The summed E-state index contributed by atoms with van der Waals surface area (Å²) in [6.07, 6.45) is 0.968. The Kier molecular flexibility index (Phi) is 8.37. The van der Waals surface area contributed by atoms with Crippen molar-refractivity contribution in [3.05, 3.63) is 0 Å². The van der Waals surface area contributed by atoms with Gasteiger partial charge in [-0.3, -0.25) is 14.9 Å². The number of nitrogens with zero attached hydrogens (tertiary/aromatic N) is 1. The Labute approximate surface area is 110 Å². The van der Waals surface area contributed by atoms with Crippen LogP contribution in [0.2, 0.25) is 0 Å². The first-order valence-electron chi connectivity index (χ1n) is 6.63. The van der Waals surface area contributed by atoms with Gasteiger partial charge < -0.3 is 10.2 Å². The topological polar surface area (TPSA) is 61.4 Å². The molecule has 0 radical (unpaired) electrons. The van der Waals surface area contributed by atoms with Crippen LogP contribution in [0.25, 0.3) is 0 Å². The minimum Gasteiger partial charge on any atom is -0.355 e. The Balaban J connectivity index is 3.84. The van der Waals surface area contributed by atoms with Gasteiger partial charge in [0.05, 0.1) is 12.6 Å². The molecule has 1 unspecified atom stereocenters. The summed E-state index contributed by atoms with van der Waals surface area (Å²) in [6, 6.07) is -0.341. The van der Waals surface area contributed by atoms with Crippen molar-refractivity contribution < 1.29 is 9.59 Å². The lowest BCUT2D eigenvalue weighted by Gasteiger charge is -2.18. The van der Waals surface area contributed by atoms with Gasteiger partial charge in [0.1, 0.15) is 0 Å². The number of nitrogens with one attached hydrogen (secondary N) is 2. The highest BCUT2D eigenvalue weighted by molar-refractivity contribution is 5.83. The molecule has 5 nitrogen and oxygen atoms in total. The van der Waals surface area contributed by atoms with Crippen LogP contribution in [-0.2, 0) is 9.59 Å². The number of rotatable bonds is 8. The second-order valence-electron chi connectivity index (χ2n) is 4.98. The van der Waals surface area contributed by atoms with Gasteiger partial charge in [-0.15, -0.1) is 0 Å². The highest BCUT2D eigenvalue weighted by Gasteiger charge is 2.14. The van der Waals surface area contributed by atoms with Crippen molar-refractivity contribution >= 4 is 11.8 Å². The van der Waals surface area contributed by atoms with Gasteiger partial charge >= 0.3 is 0 Å². The molecule has 0 aromatic rings. The Morgan fingerprint density at radius 2 is 1.83 bits per heavy atom. The average molecular weight is 257 g/mol. The van der Waals surface area contributed by atoms with Crippen molar-refractivity contribution in [2.24, 2.45) is 5.92 Å². The van der Waals surface area contributed by atoms with E-state index in [2.05, 4.69) is 24.5 Å². The summed E-state index contributed by atoms with van der Waals surface area (Å²) in [5, 5.41) is 5.79. The van der Waals surface area contributed by atoms with Crippen LogP contribution >= 0.6 is 0 Å². The molecule has 18 heavy (non-hydrogen) atoms. The normalized spacial score (nSPS) is 12.3. The molecule has 5 heteroatoms. The number of hydrogen-bond donors (Lipinski definition) is 2. The molecule has 0 aliphatic heterocycles. The van der Waals surface area contributed by atoms with Gasteiger partial charge in [0.15, 0.2) is 0 Å². The van der Waals surface area contributed by atoms with E-state index in [-0.39, 0.29) is 24.4 Å². The van der Waals surface area contributed by atoms with Crippen LogP contribution in [0.3, 0.4) is 0 Å². The lowest BCUT2D eigenvalue weighted by atomic mass is 10.1. The van der Waals surface area contributed by atoms with E-state index >= 15 is 0 Å². The molecule has 0 aromatic heterocycles. The van der Waals surface area contributed by atoms with E-state index in [9.17, 15) is 9.59 Å². The molecule has 0 fully saturated rings.